The number of allylic oxidation sites excluding steroid dienone is 1. The first-order valence-electron chi connectivity index (χ1n) is 5.46. The molecule has 1 aromatic carbocycles. The summed E-state index contributed by atoms with van der Waals surface area (Å²) in [4.78, 5) is 10.8. The van der Waals surface area contributed by atoms with Crippen molar-refractivity contribution in [3.05, 3.63) is 54.1 Å². The monoisotopic (exact) mass is 310 g/mol. The van der Waals surface area contributed by atoms with Gasteiger partial charge in [-0.1, -0.05) is 6.07 Å². The molecule has 0 heterocycles. The van der Waals surface area contributed by atoms with Crippen molar-refractivity contribution in [2.45, 2.75) is 20.8 Å². The molecule has 110 valence electrons. The third-order valence-electron chi connectivity index (χ3n) is 1.88. The number of rotatable bonds is 2. The van der Waals surface area contributed by atoms with Gasteiger partial charge in [0.2, 0.25) is 0 Å². The number of halogens is 1. The van der Waals surface area contributed by atoms with Gasteiger partial charge >= 0.3 is 29.0 Å². The molecule has 0 saturated heterocycles. The summed E-state index contributed by atoms with van der Waals surface area (Å²) in [7, 11) is 0. The summed E-state index contributed by atoms with van der Waals surface area (Å²) in [5.74, 6) is -0.428. The first-order valence-corrected chi connectivity index (χ1v) is 5.46. The van der Waals surface area contributed by atoms with Gasteiger partial charge in [-0.05, 0) is 26.3 Å². The number of hydrogen-bond acceptors (Lipinski definition) is 4. The van der Waals surface area contributed by atoms with E-state index in [1.54, 1.807) is 20.8 Å². The SMILES string of the molecule is CCOC(=O)C(N)=C(C)C.N.[CH2-]c1ccccc1.[Cl-].[Mg+2]. The van der Waals surface area contributed by atoms with Gasteiger partial charge < -0.3 is 29.0 Å². The van der Waals surface area contributed by atoms with Crippen molar-refractivity contribution < 1.29 is 21.9 Å². The van der Waals surface area contributed by atoms with Crippen LogP contribution in [0.2, 0.25) is 0 Å². The number of carbonyl (C=O) groups is 1. The fourth-order valence-corrected chi connectivity index (χ4v) is 0.891. The van der Waals surface area contributed by atoms with Gasteiger partial charge in [-0.3, -0.25) is 0 Å². The van der Waals surface area contributed by atoms with Gasteiger partial charge in [0.25, 0.3) is 0 Å². The summed E-state index contributed by atoms with van der Waals surface area (Å²) in [5.41, 5.74) is 7.42. The molecule has 0 aromatic heterocycles. The molecular formula is C14H23ClMgN2O2. The van der Waals surface area contributed by atoms with Crippen LogP contribution in [0.15, 0.2) is 41.6 Å². The second kappa shape index (κ2) is 16.2. The van der Waals surface area contributed by atoms with Crippen molar-refractivity contribution in [2.75, 3.05) is 6.61 Å². The van der Waals surface area contributed by atoms with E-state index in [1.165, 1.54) is 0 Å². The van der Waals surface area contributed by atoms with E-state index < -0.39 is 5.97 Å². The second-order valence-corrected chi connectivity index (χ2v) is 3.62. The molecule has 1 rings (SSSR count). The Morgan fingerprint density at radius 1 is 1.25 bits per heavy atom. The van der Waals surface area contributed by atoms with Crippen LogP contribution in [0.1, 0.15) is 26.3 Å². The molecule has 0 radical (unpaired) electrons. The summed E-state index contributed by atoms with van der Waals surface area (Å²) < 4.78 is 4.64. The zero-order valence-corrected chi connectivity index (χ0v) is 14.7. The number of nitrogens with two attached hydrogens (primary N) is 1. The van der Waals surface area contributed by atoms with Gasteiger partial charge in [-0.2, -0.15) is 24.6 Å². The summed E-state index contributed by atoms with van der Waals surface area (Å²) >= 11 is 0. The maximum atomic E-state index is 10.8. The van der Waals surface area contributed by atoms with Crippen molar-refractivity contribution in [1.82, 2.24) is 6.15 Å². The zero-order chi connectivity index (χ0) is 13.3. The first kappa shape index (κ1) is 27.5. The van der Waals surface area contributed by atoms with Crippen LogP contribution in [0.3, 0.4) is 0 Å². The van der Waals surface area contributed by atoms with Crippen molar-refractivity contribution in [3.63, 3.8) is 0 Å². The molecule has 1 aromatic rings. The summed E-state index contributed by atoms with van der Waals surface area (Å²) in [6, 6.07) is 9.87. The quantitative estimate of drug-likeness (QED) is 0.332. The van der Waals surface area contributed by atoms with Gasteiger partial charge in [0, 0.05) is 0 Å². The summed E-state index contributed by atoms with van der Waals surface area (Å²) in [5, 5.41) is 0. The fraction of sp³-hybridized carbons (Fsp3) is 0.286. The van der Waals surface area contributed by atoms with E-state index in [0.717, 1.165) is 11.1 Å². The average molecular weight is 311 g/mol. The minimum absolute atomic E-state index is 0. The Hall–Kier alpha value is -0.884. The molecule has 0 saturated carbocycles. The number of ether oxygens (including phenoxy) is 1. The number of esters is 1. The molecule has 0 atom stereocenters. The Kier molecular flexibility index (Phi) is 22.2. The molecular weight excluding hydrogens is 288 g/mol. The molecule has 0 aliphatic rings. The van der Waals surface area contributed by atoms with Crippen molar-refractivity contribution >= 4 is 29.0 Å². The fourth-order valence-electron chi connectivity index (χ4n) is 0.891. The van der Waals surface area contributed by atoms with Gasteiger partial charge in [0.1, 0.15) is 5.70 Å². The first-order chi connectivity index (χ1) is 7.99. The van der Waals surface area contributed by atoms with Crippen molar-refractivity contribution in [3.8, 4) is 0 Å². The topological polar surface area (TPSA) is 87.3 Å². The molecule has 0 spiro atoms. The summed E-state index contributed by atoms with van der Waals surface area (Å²) in [6.45, 7) is 9.37. The minimum atomic E-state index is -0.428. The number of hydrogen-bond donors (Lipinski definition) is 2. The molecule has 0 aliphatic heterocycles. The standard InChI is InChI=1S/C7H13NO2.C7H7.ClH.Mg.H3N/c1-4-10-7(9)6(8)5(2)3;1-7-5-3-2-4-6-7;;;/h4,8H2,1-3H3;2-6H,1H2;1H;;1H3/q;-1;;+2;/p-1. The van der Waals surface area contributed by atoms with Crippen LogP contribution in [-0.4, -0.2) is 35.6 Å². The van der Waals surface area contributed by atoms with Crippen LogP contribution in [0.4, 0.5) is 0 Å². The van der Waals surface area contributed by atoms with E-state index in [9.17, 15) is 4.79 Å². The van der Waals surface area contributed by atoms with Gasteiger partial charge in [-0.15, -0.1) is 12.1 Å². The molecule has 0 fully saturated rings. The van der Waals surface area contributed by atoms with Crippen LogP contribution in [0, 0.1) is 6.92 Å². The Labute approximate surface area is 144 Å². The van der Waals surface area contributed by atoms with E-state index in [1.807, 2.05) is 30.3 Å². The van der Waals surface area contributed by atoms with E-state index in [2.05, 4.69) is 11.7 Å². The molecule has 5 N–H and O–H groups in total. The van der Waals surface area contributed by atoms with Gasteiger partial charge in [-0.25, -0.2) is 4.79 Å². The van der Waals surface area contributed by atoms with Crippen molar-refractivity contribution in [1.29, 1.82) is 0 Å². The van der Waals surface area contributed by atoms with Gasteiger partial charge in [0.15, 0.2) is 0 Å². The molecule has 0 amide bonds. The Bertz CT molecular complexity index is 380. The van der Waals surface area contributed by atoms with Crippen LogP contribution < -0.4 is 24.3 Å². The smallest absolute Gasteiger partial charge is 1.00 e. The third-order valence-corrected chi connectivity index (χ3v) is 1.88. The van der Waals surface area contributed by atoms with Crippen molar-refractivity contribution in [2.24, 2.45) is 5.73 Å². The molecule has 20 heavy (non-hydrogen) atoms. The molecule has 4 nitrogen and oxygen atoms in total. The third kappa shape index (κ3) is 13.5. The van der Waals surface area contributed by atoms with E-state index >= 15 is 0 Å². The Morgan fingerprint density at radius 2 is 1.70 bits per heavy atom. The van der Waals surface area contributed by atoms with Gasteiger partial charge in [0.05, 0.1) is 6.61 Å². The minimum Gasteiger partial charge on any atom is -1.00 e. The zero-order valence-electron chi connectivity index (χ0n) is 12.5. The van der Waals surface area contributed by atoms with E-state index in [4.69, 9.17) is 5.73 Å². The second-order valence-electron chi connectivity index (χ2n) is 3.62. The predicted octanol–water partition coefficient (Wildman–Crippen LogP) is -0.544. The molecule has 6 heteroatoms. The van der Waals surface area contributed by atoms with E-state index in [-0.39, 0.29) is 47.3 Å². The van der Waals surface area contributed by atoms with E-state index in [0.29, 0.717) is 6.61 Å². The number of benzene rings is 1. The van der Waals surface area contributed by atoms with Crippen LogP contribution in [-0.2, 0) is 9.53 Å². The van der Waals surface area contributed by atoms with Crippen LogP contribution >= 0.6 is 0 Å². The van der Waals surface area contributed by atoms with Crippen LogP contribution in [0.5, 0.6) is 0 Å². The molecule has 0 unspecified atom stereocenters. The molecule has 0 aliphatic carbocycles. The Morgan fingerprint density at radius 3 is 1.95 bits per heavy atom. The maximum Gasteiger partial charge on any atom is 2.00 e. The predicted molar refractivity (Wildman–Crippen MR) is 80.9 cm³/mol. The largest absolute Gasteiger partial charge is 2.00 e. The average Bonchev–Trinajstić information content (AvgIpc) is 2.30. The molecule has 0 bridgehead atoms. The maximum absolute atomic E-state index is 10.8. The normalized spacial score (nSPS) is 7.35. The van der Waals surface area contributed by atoms with Crippen LogP contribution in [0.25, 0.3) is 0 Å². The number of carbonyl (C=O) groups excluding carboxylic acids is 1. The summed E-state index contributed by atoms with van der Waals surface area (Å²) in [6.07, 6.45) is 0. The Balaban J connectivity index is -0.000000115.